The molecule has 0 spiro atoms. The Balaban J connectivity index is 1.03. The Morgan fingerprint density at radius 3 is 2.31 bits per heavy atom. The second kappa shape index (κ2) is 18.4. The van der Waals surface area contributed by atoms with E-state index in [2.05, 4.69) is 37.2 Å². The zero-order chi connectivity index (χ0) is 44.3. The monoisotopic (exact) mass is 864 g/mol. The Hall–Kier alpha value is -5.59. The van der Waals surface area contributed by atoms with Crippen molar-refractivity contribution in [3.8, 4) is 28.1 Å². The standard InChI is InChI=1S/C44H52F4N8O6/c1-26-19-35(56(24-26)41(59)38(49-4)29-11-17-61-18-12-29)39-51-23-34(52-39)28-7-5-27(6-8-28)31-20-32(45)33(21-36(31)62-44(46,47)48)53-40(58)30-9-10-37(50-22-30)54-13-15-55(16-14-54)42(60)43(2,3)25-57/h5-10,20-23,26,29,35,38,49,57H,11-19,24-25H2,1-4H3,(H,51,52)(H,53,58). The molecule has 5 heterocycles. The predicted molar refractivity (Wildman–Crippen MR) is 223 cm³/mol. The third-order valence-corrected chi connectivity index (χ3v) is 11.9. The highest BCUT2D eigenvalue weighted by Crippen LogP contribution is 2.40. The first-order valence-corrected chi connectivity index (χ1v) is 20.8. The van der Waals surface area contributed by atoms with Gasteiger partial charge in [0.2, 0.25) is 11.8 Å². The lowest BCUT2D eigenvalue weighted by molar-refractivity contribution is -0.274. The van der Waals surface area contributed by atoms with Crippen LogP contribution in [0.15, 0.2) is 60.9 Å². The Kier molecular flexibility index (Phi) is 13.2. The van der Waals surface area contributed by atoms with Crippen LogP contribution in [-0.4, -0.2) is 120 Å². The van der Waals surface area contributed by atoms with Crippen LogP contribution in [0.4, 0.5) is 29.1 Å². The Bertz CT molecular complexity index is 2220. The zero-order valence-corrected chi connectivity index (χ0v) is 35.1. The third kappa shape index (κ3) is 9.87. The number of H-pyrrole nitrogens is 1. The minimum Gasteiger partial charge on any atom is -0.405 e. The number of hydrogen-bond donors (Lipinski definition) is 4. The summed E-state index contributed by atoms with van der Waals surface area (Å²) in [6.07, 6.45) is 0.127. The normalized spacial score (nSPS) is 19.4. The summed E-state index contributed by atoms with van der Waals surface area (Å²) in [5, 5.41) is 15.1. The molecule has 3 amide bonds. The number of halogens is 4. The van der Waals surface area contributed by atoms with Gasteiger partial charge in [-0.2, -0.15) is 0 Å². The number of anilines is 2. The van der Waals surface area contributed by atoms with Crippen molar-refractivity contribution < 1.29 is 46.5 Å². The number of rotatable bonds is 12. The molecule has 4 N–H and O–H groups in total. The number of nitrogens with one attached hydrogen (secondary N) is 3. The van der Waals surface area contributed by atoms with Crippen molar-refractivity contribution in [2.24, 2.45) is 17.3 Å². The summed E-state index contributed by atoms with van der Waals surface area (Å²) in [4.78, 5) is 57.6. The fourth-order valence-corrected chi connectivity index (χ4v) is 8.44. The molecule has 0 radical (unpaired) electrons. The molecule has 14 nitrogen and oxygen atoms in total. The minimum atomic E-state index is -5.13. The Morgan fingerprint density at radius 1 is 0.984 bits per heavy atom. The summed E-state index contributed by atoms with van der Waals surface area (Å²) in [7, 11) is 1.80. The van der Waals surface area contributed by atoms with Crippen molar-refractivity contribution in [3.05, 3.63) is 78.1 Å². The van der Waals surface area contributed by atoms with Crippen LogP contribution >= 0.6 is 0 Å². The fourth-order valence-electron chi connectivity index (χ4n) is 8.44. The van der Waals surface area contributed by atoms with Crippen molar-refractivity contribution in [3.63, 3.8) is 0 Å². The number of piperazine rings is 1. The number of likely N-dealkylation sites (N-methyl/N-ethyl adjacent to an activating group) is 1. The molecule has 18 heteroatoms. The van der Waals surface area contributed by atoms with E-state index in [0.717, 1.165) is 31.4 Å². The van der Waals surface area contributed by atoms with E-state index in [1.165, 1.54) is 24.4 Å². The number of hydrogen-bond acceptors (Lipinski definition) is 10. The molecule has 3 aliphatic rings. The molecule has 0 saturated carbocycles. The minimum absolute atomic E-state index is 0.0270. The highest BCUT2D eigenvalue weighted by atomic mass is 19.4. The smallest absolute Gasteiger partial charge is 0.405 e. The van der Waals surface area contributed by atoms with E-state index in [9.17, 15) is 32.7 Å². The number of pyridine rings is 1. The van der Waals surface area contributed by atoms with E-state index in [0.29, 0.717) is 68.8 Å². The third-order valence-electron chi connectivity index (χ3n) is 11.9. The van der Waals surface area contributed by atoms with Crippen LogP contribution < -0.4 is 20.3 Å². The van der Waals surface area contributed by atoms with Gasteiger partial charge in [-0.3, -0.25) is 14.4 Å². The average Bonchev–Trinajstić information content (AvgIpc) is 3.92. The topological polar surface area (TPSA) is 165 Å². The summed E-state index contributed by atoms with van der Waals surface area (Å²) in [6.45, 7) is 8.79. The summed E-state index contributed by atoms with van der Waals surface area (Å²) >= 11 is 0. The fraction of sp³-hybridized carbons (Fsp3) is 0.477. The number of ether oxygens (including phenoxy) is 2. The van der Waals surface area contributed by atoms with E-state index in [1.54, 1.807) is 50.2 Å². The maximum Gasteiger partial charge on any atom is 0.573 e. The number of nitrogens with zero attached hydrogens (tertiary/aromatic N) is 5. The van der Waals surface area contributed by atoms with Gasteiger partial charge in [0.25, 0.3) is 5.91 Å². The number of carbonyl (C=O) groups is 3. The van der Waals surface area contributed by atoms with E-state index in [1.807, 2.05) is 9.80 Å². The highest BCUT2D eigenvalue weighted by Gasteiger charge is 2.41. The quantitative estimate of drug-likeness (QED) is 0.124. The van der Waals surface area contributed by atoms with Gasteiger partial charge in [-0.15, -0.1) is 13.2 Å². The van der Waals surface area contributed by atoms with Crippen LogP contribution in [0, 0.1) is 23.1 Å². The SMILES string of the molecule is CNC(C(=O)N1CC(C)CC1c1ncc(-c2ccc(-c3cc(F)c(NC(=O)c4ccc(N5CCN(C(=O)C(C)(C)CO)CC5)nc4)cc3OC(F)(F)F)cc2)[nH]1)C1CCOCC1. The molecule has 0 aliphatic carbocycles. The van der Waals surface area contributed by atoms with Crippen LogP contribution in [0.5, 0.6) is 5.75 Å². The van der Waals surface area contributed by atoms with Gasteiger partial charge in [-0.05, 0) is 81.3 Å². The van der Waals surface area contributed by atoms with Gasteiger partial charge < -0.3 is 44.9 Å². The zero-order valence-electron chi connectivity index (χ0n) is 35.1. The number of likely N-dealkylation sites (tertiary alicyclic amines) is 1. The molecule has 4 aromatic rings. The number of aliphatic hydroxyl groups is 1. The molecule has 3 aliphatic heterocycles. The number of imidazole rings is 1. The molecule has 62 heavy (non-hydrogen) atoms. The van der Waals surface area contributed by atoms with Crippen molar-refractivity contribution >= 4 is 29.2 Å². The molecule has 3 saturated heterocycles. The van der Waals surface area contributed by atoms with Gasteiger partial charge >= 0.3 is 6.36 Å². The lowest BCUT2D eigenvalue weighted by Gasteiger charge is -2.38. The molecule has 3 unspecified atom stereocenters. The van der Waals surface area contributed by atoms with E-state index in [4.69, 9.17) is 4.74 Å². The summed E-state index contributed by atoms with van der Waals surface area (Å²) in [6, 6.07) is 10.5. The molecule has 3 fully saturated rings. The van der Waals surface area contributed by atoms with Crippen molar-refractivity contribution in [2.45, 2.75) is 58.5 Å². The van der Waals surface area contributed by atoms with E-state index in [-0.39, 0.29) is 59.0 Å². The lowest BCUT2D eigenvalue weighted by atomic mass is 9.90. The van der Waals surface area contributed by atoms with Gasteiger partial charge in [-0.1, -0.05) is 31.2 Å². The van der Waals surface area contributed by atoms with Crippen LogP contribution in [-0.2, 0) is 14.3 Å². The van der Waals surface area contributed by atoms with Crippen molar-refractivity contribution in [1.82, 2.24) is 30.1 Å². The Morgan fingerprint density at radius 2 is 1.68 bits per heavy atom. The number of aliphatic hydroxyl groups excluding tert-OH is 1. The molecule has 332 valence electrons. The summed E-state index contributed by atoms with van der Waals surface area (Å²) in [5.74, 6) is -1.05. The lowest BCUT2D eigenvalue weighted by Crippen LogP contribution is -2.53. The number of aromatic amines is 1. The first kappa shape index (κ1) is 44.5. The summed E-state index contributed by atoms with van der Waals surface area (Å²) in [5.41, 5.74) is -0.0714. The number of benzene rings is 2. The number of alkyl halides is 3. The molecular weight excluding hydrogens is 813 g/mol. The van der Waals surface area contributed by atoms with Crippen LogP contribution in [0.3, 0.4) is 0 Å². The van der Waals surface area contributed by atoms with Crippen molar-refractivity contribution in [1.29, 1.82) is 0 Å². The second-order valence-corrected chi connectivity index (χ2v) is 16.9. The van der Waals surface area contributed by atoms with Gasteiger partial charge in [0, 0.05) is 63.8 Å². The highest BCUT2D eigenvalue weighted by molar-refractivity contribution is 6.04. The molecular formula is C44H52F4N8O6. The first-order chi connectivity index (χ1) is 29.5. The van der Waals surface area contributed by atoms with Crippen LogP contribution in [0.25, 0.3) is 22.4 Å². The Labute approximate surface area is 357 Å². The molecule has 0 bridgehead atoms. The van der Waals surface area contributed by atoms with Crippen molar-refractivity contribution in [2.75, 3.05) is 69.8 Å². The maximum atomic E-state index is 15.6. The number of amides is 3. The van der Waals surface area contributed by atoms with Gasteiger partial charge in [0.05, 0.1) is 47.2 Å². The maximum absolute atomic E-state index is 15.6. The summed E-state index contributed by atoms with van der Waals surface area (Å²) < 4.78 is 66.6. The predicted octanol–water partition coefficient (Wildman–Crippen LogP) is 6.02. The number of aromatic nitrogens is 3. The molecule has 7 rings (SSSR count). The van der Waals surface area contributed by atoms with Gasteiger partial charge in [-0.25, -0.2) is 14.4 Å². The second-order valence-electron chi connectivity index (χ2n) is 16.9. The van der Waals surface area contributed by atoms with Gasteiger partial charge in [0.15, 0.2) is 0 Å². The van der Waals surface area contributed by atoms with E-state index >= 15 is 4.39 Å². The van der Waals surface area contributed by atoms with Crippen LogP contribution in [0.1, 0.15) is 62.3 Å². The number of carbonyl (C=O) groups excluding carboxylic acids is 3. The first-order valence-electron chi connectivity index (χ1n) is 20.8. The molecule has 3 atom stereocenters. The van der Waals surface area contributed by atoms with Gasteiger partial charge in [0.1, 0.15) is 23.2 Å². The largest absolute Gasteiger partial charge is 0.573 e. The average molecular weight is 865 g/mol. The molecule has 2 aromatic carbocycles. The van der Waals surface area contributed by atoms with E-state index < -0.39 is 34.9 Å². The van der Waals surface area contributed by atoms with Crippen LogP contribution in [0.2, 0.25) is 0 Å². The molecule has 2 aromatic heterocycles.